The molecule has 0 saturated carbocycles. The fourth-order valence-corrected chi connectivity index (χ4v) is 3.94. The van der Waals surface area contributed by atoms with Gasteiger partial charge in [0.15, 0.2) is 5.78 Å². The van der Waals surface area contributed by atoms with Crippen molar-refractivity contribution in [3.05, 3.63) is 54.1 Å². The second-order valence-corrected chi connectivity index (χ2v) is 6.66. The van der Waals surface area contributed by atoms with E-state index in [2.05, 4.69) is 15.3 Å². The second-order valence-electron chi connectivity index (χ2n) is 4.55. The van der Waals surface area contributed by atoms with Gasteiger partial charge in [0.1, 0.15) is 5.82 Å². The van der Waals surface area contributed by atoms with Crippen molar-refractivity contribution in [3.8, 4) is 0 Å². The van der Waals surface area contributed by atoms with Crippen LogP contribution in [0.3, 0.4) is 0 Å². The summed E-state index contributed by atoms with van der Waals surface area (Å²) in [5, 5.41) is 2.97. The van der Waals surface area contributed by atoms with Gasteiger partial charge in [-0.05, 0) is 37.6 Å². The zero-order chi connectivity index (χ0) is 16.7. The number of benzene rings is 1. The lowest BCUT2D eigenvalue weighted by atomic mass is 10.2. The lowest BCUT2D eigenvalue weighted by Gasteiger charge is -2.27. The van der Waals surface area contributed by atoms with Crippen molar-refractivity contribution in [2.75, 3.05) is 18.5 Å². The molecule has 1 atom stereocenters. The Morgan fingerprint density at radius 2 is 1.70 bits per heavy atom. The van der Waals surface area contributed by atoms with Gasteiger partial charge in [-0.1, -0.05) is 12.1 Å². The van der Waals surface area contributed by atoms with E-state index in [4.69, 9.17) is 9.05 Å². The second kappa shape index (κ2) is 8.15. The lowest BCUT2D eigenvalue weighted by Crippen LogP contribution is -2.16. The van der Waals surface area contributed by atoms with E-state index in [9.17, 15) is 8.96 Å². The third-order valence-corrected chi connectivity index (χ3v) is 5.25. The molecule has 2 aromatic rings. The van der Waals surface area contributed by atoms with Crippen molar-refractivity contribution in [1.29, 1.82) is 0 Å². The largest absolute Gasteiger partial charge is 0.357 e. The van der Waals surface area contributed by atoms with Gasteiger partial charge in [-0.2, -0.15) is 0 Å². The summed E-state index contributed by atoms with van der Waals surface area (Å²) in [6.45, 7) is 3.89. The Morgan fingerprint density at radius 3 is 2.22 bits per heavy atom. The topological polar surface area (TPSA) is 73.3 Å². The molecular weight excluding hydrogens is 320 g/mol. The number of anilines is 1. The fraction of sp³-hybridized carbons (Fsp3) is 0.333. The molecule has 23 heavy (non-hydrogen) atoms. The monoisotopic (exact) mass is 339 g/mol. The molecule has 0 aliphatic carbocycles. The fourth-order valence-electron chi connectivity index (χ4n) is 2.03. The van der Waals surface area contributed by atoms with Crippen LogP contribution < -0.4 is 5.32 Å². The average molecular weight is 339 g/mol. The summed E-state index contributed by atoms with van der Waals surface area (Å²) < 4.78 is 37.2. The van der Waals surface area contributed by atoms with Crippen LogP contribution in [0.15, 0.2) is 42.7 Å². The van der Waals surface area contributed by atoms with E-state index in [1.165, 1.54) is 24.3 Å². The Balaban J connectivity index is 2.40. The first-order chi connectivity index (χ1) is 11.1. The quantitative estimate of drug-likeness (QED) is 0.733. The summed E-state index contributed by atoms with van der Waals surface area (Å²) in [5.41, 5.74) is 0.559. The molecule has 8 heteroatoms. The summed E-state index contributed by atoms with van der Waals surface area (Å²) in [7, 11) is -3.55. The van der Waals surface area contributed by atoms with E-state index in [-0.39, 0.29) is 25.0 Å². The maximum absolute atomic E-state index is 13.2. The van der Waals surface area contributed by atoms with Crippen LogP contribution in [0.2, 0.25) is 0 Å². The Hall–Kier alpha value is -1.82. The predicted molar refractivity (Wildman–Crippen MR) is 85.7 cm³/mol. The molecule has 6 nitrogen and oxygen atoms in total. The Morgan fingerprint density at radius 1 is 1.13 bits per heavy atom. The first kappa shape index (κ1) is 17.5. The van der Waals surface area contributed by atoms with Crippen LogP contribution in [0.5, 0.6) is 0 Å². The minimum Gasteiger partial charge on any atom is -0.336 e. The van der Waals surface area contributed by atoms with Gasteiger partial charge in [-0.3, -0.25) is 4.57 Å². The zero-order valence-corrected chi connectivity index (χ0v) is 13.9. The molecule has 124 valence electrons. The van der Waals surface area contributed by atoms with Crippen LogP contribution >= 0.6 is 7.60 Å². The summed E-state index contributed by atoms with van der Waals surface area (Å²) in [6, 6.07) is 7.31. The number of halogens is 1. The SMILES string of the molecule is CCOP(=O)(OCC)C(Nc1ncccn1)c1ccc(F)cc1. The number of hydrogen-bond acceptors (Lipinski definition) is 6. The molecule has 1 unspecified atom stereocenters. The molecular formula is C15H19FN3O3P. The number of nitrogens with zero attached hydrogens (tertiary/aromatic N) is 2. The molecule has 0 aliphatic rings. The summed E-state index contributed by atoms with van der Waals surface area (Å²) in [5.74, 6) is -0.946. The van der Waals surface area contributed by atoms with Crippen molar-refractivity contribution in [1.82, 2.24) is 9.97 Å². The number of nitrogens with one attached hydrogen (secondary N) is 1. The van der Waals surface area contributed by atoms with Crippen LogP contribution in [0.25, 0.3) is 0 Å². The molecule has 0 fully saturated rings. The van der Waals surface area contributed by atoms with Crippen LogP contribution in [-0.2, 0) is 13.6 Å². The van der Waals surface area contributed by atoms with Gasteiger partial charge in [-0.15, -0.1) is 0 Å². The lowest BCUT2D eigenvalue weighted by molar-refractivity contribution is 0.214. The van der Waals surface area contributed by atoms with E-state index in [0.717, 1.165) is 0 Å². The highest BCUT2D eigenvalue weighted by Crippen LogP contribution is 2.60. The van der Waals surface area contributed by atoms with E-state index in [1.54, 1.807) is 32.3 Å². The van der Waals surface area contributed by atoms with Gasteiger partial charge in [-0.25, -0.2) is 14.4 Å². The van der Waals surface area contributed by atoms with E-state index < -0.39 is 13.4 Å². The molecule has 0 aliphatic heterocycles. The molecule has 0 saturated heterocycles. The average Bonchev–Trinajstić information content (AvgIpc) is 2.55. The highest BCUT2D eigenvalue weighted by Gasteiger charge is 2.37. The van der Waals surface area contributed by atoms with Gasteiger partial charge in [0.2, 0.25) is 5.95 Å². The van der Waals surface area contributed by atoms with Crippen LogP contribution in [0, 0.1) is 5.82 Å². The molecule has 0 radical (unpaired) electrons. The Bertz CT molecular complexity index is 645. The Labute approximate surface area is 134 Å². The van der Waals surface area contributed by atoms with E-state index >= 15 is 0 Å². The third kappa shape index (κ3) is 4.58. The zero-order valence-electron chi connectivity index (χ0n) is 13.0. The molecule has 1 heterocycles. The predicted octanol–water partition coefficient (Wildman–Crippen LogP) is 3.99. The van der Waals surface area contributed by atoms with Crippen molar-refractivity contribution in [2.45, 2.75) is 19.6 Å². The number of rotatable bonds is 8. The van der Waals surface area contributed by atoms with Crippen LogP contribution in [0.4, 0.5) is 10.3 Å². The van der Waals surface area contributed by atoms with Gasteiger partial charge in [0.05, 0.1) is 13.2 Å². The Kier molecular flexibility index (Phi) is 6.21. The third-order valence-electron chi connectivity index (χ3n) is 2.95. The molecule has 2 rings (SSSR count). The minimum absolute atomic E-state index is 0.215. The minimum atomic E-state index is -3.55. The maximum Gasteiger partial charge on any atom is 0.357 e. The summed E-state index contributed by atoms with van der Waals surface area (Å²) in [6.07, 6.45) is 3.12. The molecule has 1 N–H and O–H groups in total. The summed E-state index contributed by atoms with van der Waals surface area (Å²) in [4.78, 5) is 8.13. The smallest absolute Gasteiger partial charge is 0.336 e. The highest BCUT2D eigenvalue weighted by molar-refractivity contribution is 7.54. The van der Waals surface area contributed by atoms with E-state index in [0.29, 0.717) is 5.56 Å². The standard InChI is InChI=1S/C15H19FN3O3P/c1-3-21-23(20,22-4-2)14(12-6-8-13(16)9-7-12)19-15-17-10-5-11-18-15/h5-11,14H,3-4H2,1-2H3,(H,17,18,19). The van der Waals surface area contributed by atoms with Crippen molar-refractivity contribution >= 4 is 13.5 Å². The molecule has 0 bridgehead atoms. The molecule has 0 amide bonds. The van der Waals surface area contributed by atoms with Gasteiger partial charge < -0.3 is 14.4 Å². The molecule has 1 aromatic carbocycles. The van der Waals surface area contributed by atoms with Crippen molar-refractivity contribution in [2.24, 2.45) is 0 Å². The van der Waals surface area contributed by atoms with Crippen molar-refractivity contribution < 1.29 is 18.0 Å². The maximum atomic E-state index is 13.2. The van der Waals surface area contributed by atoms with Crippen LogP contribution in [0.1, 0.15) is 25.2 Å². The van der Waals surface area contributed by atoms with E-state index in [1.807, 2.05) is 0 Å². The van der Waals surface area contributed by atoms with Gasteiger partial charge >= 0.3 is 7.60 Å². The number of hydrogen-bond donors (Lipinski definition) is 1. The first-order valence-electron chi connectivity index (χ1n) is 7.27. The van der Waals surface area contributed by atoms with Crippen molar-refractivity contribution in [3.63, 3.8) is 0 Å². The normalized spacial score (nSPS) is 12.8. The molecule has 0 spiro atoms. The highest BCUT2D eigenvalue weighted by atomic mass is 31.2. The van der Waals surface area contributed by atoms with Gasteiger partial charge in [0.25, 0.3) is 0 Å². The van der Waals surface area contributed by atoms with Gasteiger partial charge in [0, 0.05) is 12.4 Å². The summed E-state index contributed by atoms with van der Waals surface area (Å²) >= 11 is 0. The first-order valence-corrected chi connectivity index (χ1v) is 8.88. The van der Waals surface area contributed by atoms with Crippen LogP contribution in [-0.4, -0.2) is 23.2 Å². The number of aromatic nitrogens is 2. The molecule has 1 aromatic heterocycles.